The van der Waals surface area contributed by atoms with Gasteiger partial charge in [-0.25, -0.2) is 4.98 Å². The molecule has 3 heterocycles. The van der Waals surface area contributed by atoms with E-state index in [0.717, 1.165) is 49.5 Å². The van der Waals surface area contributed by atoms with E-state index >= 15 is 0 Å². The second kappa shape index (κ2) is 6.40. The number of aryl methyl sites for hydroxylation is 1. The van der Waals surface area contributed by atoms with Crippen molar-refractivity contribution in [3.8, 4) is 11.5 Å². The molecule has 1 fully saturated rings. The first-order chi connectivity index (χ1) is 11.3. The van der Waals surface area contributed by atoms with Gasteiger partial charge in [-0.1, -0.05) is 6.92 Å². The molecule has 124 valence electrons. The molecule has 0 aliphatic carbocycles. The smallest absolute Gasteiger partial charge is 0.163 e. The van der Waals surface area contributed by atoms with Crippen molar-refractivity contribution in [2.75, 3.05) is 26.3 Å². The molecule has 23 heavy (non-hydrogen) atoms. The van der Waals surface area contributed by atoms with Crippen LogP contribution in [0.5, 0.6) is 11.5 Å². The van der Waals surface area contributed by atoms with Crippen molar-refractivity contribution >= 4 is 11.0 Å². The lowest BCUT2D eigenvalue weighted by Crippen LogP contribution is -2.32. The summed E-state index contributed by atoms with van der Waals surface area (Å²) in [5.74, 6) is 3.56. The van der Waals surface area contributed by atoms with Crippen molar-refractivity contribution < 1.29 is 9.47 Å². The molecule has 1 atom stereocenters. The van der Waals surface area contributed by atoms with Gasteiger partial charge in [0.1, 0.15) is 19.0 Å². The molecule has 1 aromatic carbocycles. The highest BCUT2D eigenvalue weighted by Gasteiger charge is 2.20. The van der Waals surface area contributed by atoms with Crippen LogP contribution in [0, 0.1) is 5.92 Å². The molecule has 0 bridgehead atoms. The zero-order valence-corrected chi connectivity index (χ0v) is 13.8. The van der Waals surface area contributed by atoms with Crippen molar-refractivity contribution in [3.05, 3.63) is 18.0 Å². The molecule has 1 saturated heterocycles. The van der Waals surface area contributed by atoms with Crippen LogP contribution < -0.4 is 14.8 Å². The average Bonchev–Trinajstić information content (AvgIpc) is 2.91. The maximum absolute atomic E-state index is 5.77. The van der Waals surface area contributed by atoms with Crippen molar-refractivity contribution in [2.45, 2.75) is 39.2 Å². The Kier molecular flexibility index (Phi) is 4.12. The van der Waals surface area contributed by atoms with Crippen LogP contribution in [0.1, 0.15) is 32.0 Å². The van der Waals surface area contributed by atoms with E-state index in [1.54, 1.807) is 0 Å². The quantitative estimate of drug-likeness (QED) is 0.942. The Morgan fingerprint density at radius 1 is 1.26 bits per heavy atom. The van der Waals surface area contributed by atoms with Crippen LogP contribution in [-0.2, 0) is 13.0 Å². The predicted octanol–water partition coefficient (Wildman–Crippen LogP) is 2.76. The van der Waals surface area contributed by atoms with Gasteiger partial charge in [0.25, 0.3) is 0 Å². The topological polar surface area (TPSA) is 48.3 Å². The lowest BCUT2D eigenvalue weighted by molar-refractivity contribution is 0.172. The minimum atomic E-state index is 0.620. The van der Waals surface area contributed by atoms with Gasteiger partial charge in [0.15, 0.2) is 11.5 Å². The van der Waals surface area contributed by atoms with Crippen molar-refractivity contribution in [1.82, 2.24) is 14.9 Å². The number of ether oxygens (including phenoxy) is 2. The number of hydrogen-bond acceptors (Lipinski definition) is 4. The highest BCUT2D eigenvalue weighted by molar-refractivity contribution is 5.80. The standard InChI is InChI=1S/C18H25N3O2/c1-2-4-18-20-14-9-16-17(23-8-7-22-16)10-15(14)21(18)12-13-5-3-6-19-11-13/h9-10,13,19H,2-8,11-12H2,1H3. The van der Waals surface area contributed by atoms with Crippen LogP contribution in [0.2, 0.25) is 0 Å². The molecule has 0 amide bonds. The first kappa shape index (κ1) is 14.8. The Bertz CT molecular complexity index is 689. The van der Waals surface area contributed by atoms with Gasteiger partial charge in [-0.05, 0) is 38.3 Å². The molecular weight excluding hydrogens is 290 g/mol. The van der Waals surface area contributed by atoms with E-state index in [9.17, 15) is 0 Å². The zero-order chi connectivity index (χ0) is 15.6. The molecule has 2 aromatic rings. The van der Waals surface area contributed by atoms with Crippen molar-refractivity contribution in [2.24, 2.45) is 5.92 Å². The molecular formula is C18H25N3O2. The molecule has 0 spiro atoms. The van der Waals surface area contributed by atoms with E-state index in [2.05, 4.69) is 22.9 Å². The molecule has 1 N–H and O–H groups in total. The summed E-state index contributed by atoms with van der Waals surface area (Å²) < 4.78 is 13.9. The minimum Gasteiger partial charge on any atom is -0.486 e. The molecule has 2 aliphatic rings. The van der Waals surface area contributed by atoms with Gasteiger partial charge < -0.3 is 19.4 Å². The third-order valence-electron chi connectivity index (χ3n) is 4.80. The van der Waals surface area contributed by atoms with Gasteiger partial charge >= 0.3 is 0 Å². The molecule has 1 aromatic heterocycles. The number of nitrogens with zero attached hydrogens (tertiary/aromatic N) is 2. The maximum atomic E-state index is 5.77. The van der Waals surface area contributed by atoms with Gasteiger partial charge in [-0.2, -0.15) is 0 Å². The van der Waals surface area contributed by atoms with Crippen LogP contribution in [0.4, 0.5) is 0 Å². The Labute approximate surface area is 137 Å². The normalized spacial score (nSPS) is 20.8. The van der Waals surface area contributed by atoms with Gasteiger partial charge in [-0.15, -0.1) is 0 Å². The fourth-order valence-electron chi connectivity index (χ4n) is 3.67. The summed E-state index contributed by atoms with van der Waals surface area (Å²) in [7, 11) is 0. The van der Waals surface area contributed by atoms with Crippen LogP contribution in [0.25, 0.3) is 11.0 Å². The van der Waals surface area contributed by atoms with Gasteiger partial charge in [-0.3, -0.25) is 0 Å². The van der Waals surface area contributed by atoms with E-state index in [1.165, 1.54) is 24.2 Å². The SMILES string of the molecule is CCCc1nc2cc3c(cc2n1CC1CCCNC1)OCCO3. The van der Waals surface area contributed by atoms with Crippen LogP contribution in [-0.4, -0.2) is 35.9 Å². The maximum Gasteiger partial charge on any atom is 0.163 e. The molecule has 0 saturated carbocycles. The summed E-state index contributed by atoms with van der Waals surface area (Å²) in [5.41, 5.74) is 2.21. The zero-order valence-electron chi connectivity index (χ0n) is 13.8. The predicted molar refractivity (Wildman–Crippen MR) is 90.3 cm³/mol. The first-order valence-electron chi connectivity index (χ1n) is 8.84. The summed E-state index contributed by atoms with van der Waals surface area (Å²) in [5, 5.41) is 3.52. The molecule has 0 radical (unpaired) electrons. The van der Waals surface area contributed by atoms with Crippen LogP contribution in [0.15, 0.2) is 12.1 Å². The third kappa shape index (κ3) is 2.90. The van der Waals surface area contributed by atoms with Crippen LogP contribution in [0.3, 0.4) is 0 Å². The van der Waals surface area contributed by atoms with E-state index < -0.39 is 0 Å². The van der Waals surface area contributed by atoms with Crippen molar-refractivity contribution in [1.29, 1.82) is 0 Å². The number of piperidine rings is 1. The highest BCUT2D eigenvalue weighted by Crippen LogP contribution is 2.35. The number of benzene rings is 1. The largest absolute Gasteiger partial charge is 0.486 e. The van der Waals surface area contributed by atoms with E-state index in [0.29, 0.717) is 19.1 Å². The lowest BCUT2D eigenvalue weighted by Gasteiger charge is -2.24. The fourth-order valence-corrected chi connectivity index (χ4v) is 3.67. The van der Waals surface area contributed by atoms with E-state index in [-0.39, 0.29) is 0 Å². The molecule has 1 unspecified atom stereocenters. The van der Waals surface area contributed by atoms with E-state index in [4.69, 9.17) is 14.5 Å². The first-order valence-corrected chi connectivity index (χ1v) is 8.84. The second-order valence-electron chi connectivity index (χ2n) is 6.59. The summed E-state index contributed by atoms with van der Waals surface area (Å²) in [6.07, 6.45) is 4.69. The minimum absolute atomic E-state index is 0.620. The Morgan fingerprint density at radius 3 is 2.83 bits per heavy atom. The van der Waals surface area contributed by atoms with Gasteiger partial charge in [0.2, 0.25) is 0 Å². The van der Waals surface area contributed by atoms with Gasteiger partial charge in [0, 0.05) is 25.1 Å². The summed E-state index contributed by atoms with van der Waals surface area (Å²) in [6.45, 7) is 6.76. The Morgan fingerprint density at radius 2 is 2.09 bits per heavy atom. The average molecular weight is 315 g/mol. The summed E-state index contributed by atoms with van der Waals surface area (Å²) in [4.78, 5) is 4.88. The number of rotatable bonds is 4. The fraction of sp³-hybridized carbons (Fsp3) is 0.611. The Hall–Kier alpha value is -1.75. The summed E-state index contributed by atoms with van der Waals surface area (Å²) in [6, 6.07) is 4.16. The molecule has 2 aliphatic heterocycles. The number of hydrogen-bond donors (Lipinski definition) is 1. The number of imidazole rings is 1. The third-order valence-corrected chi connectivity index (χ3v) is 4.80. The monoisotopic (exact) mass is 315 g/mol. The lowest BCUT2D eigenvalue weighted by atomic mass is 9.99. The number of nitrogens with one attached hydrogen (secondary N) is 1. The highest BCUT2D eigenvalue weighted by atomic mass is 16.6. The van der Waals surface area contributed by atoms with Gasteiger partial charge in [0.05, 0.1) is 11.0 Å². The van der Waals surface area contributed by atoms with Crippen LogP contribution >= 0.6 is 0 Å². The molecule has 5 nitrogen and oxygen atoms in total. The Balaban J connectivity index is 1.73. The molecule has 4 rings (SSSR count). The second-order valence-corrected chi connectivity index (χ2v) is 6.59. The van der Waals surface area contributed by atoms with E-state index in [1.807, 2.05) is 6.07 Å². The van der Waals surface area contributed by atoms with Crippen molar-refractivity contribution in [3.63, 3.8) is 0 Å². The molecule has 5 heteroatoms. The number of aromatic nitrogens is 2. The summed E-state index contributed by atoms with van der Waals surface area (Å²) >= 11 is 0. The number of fused-ring (bicyclic) bond motifs is 2.